The van der Waals surface area contributed by atoms with Crippen molar-refractivity contribution >= 4 is 22.3 Å². The fourth-order valence-corrected chi connectivity index (χ4v) is 2.76. The smallest absolute Gasteiger partial charge is 0.196 e. The minimum atomic E-state index is -1.00. The van der Waals surface area contributed by atoms with Crippen molar-refractivity contribution in [3.63, 3.8) is 0 Å². The van der Waals surface area contributed by atoms with Crippen molar-refractivity contribution in [2.24, 2.45) is 16.5 Å². The van der Waals surface area contributed by atoms with Crippen molar-refractivity contribution in [1.82, 2.24) is 10.2 Å². The molecule has 0 amide bonds. The monoisotopic (exact) mass is 248 g/mol. The Balaban J connectivity index is 2.21. The molecule has 2 aromatic heterocycles. The average molecular weight is 248 g/mol. The number of thiophene rings is 1. The van der Waals surface area contributed by atoms with Crippen LogP contribution in [-0.4, -0.2) is 16.2 Å². The molecule has 6 N–H and O–H groups in total. The predicted octanol–water partition coefficient (Wildman–Crippen LogP) is 0.680. The van der Waals surface area contributed by atoms with Gasteiger partial charge in [0.15, 0.2) is 11.6 Å². The van der Waals surface area contributed by atoms with Crippen LogP contribution in [0.5, 0.6) is 0 Å². The Morgan fingerprint density at radius 3 is 3.00 bits per heavy atom. The third-order valence-electron chi connectivity index (χ3n) is 2.71. The highest BCUT2D eigenvalue weighted by Crippen LogP contribution is 2.38. The van der Waals surface area contributed by atoms with E-state index in [0.717, 1.165) is 16.3 Å². The first kappa shape index (κ1) is 10.3. The second-order valence-electron chi connectivity index (χ2n) is 3.99. The Hall–Kier alpha value is -1.86. The molecular formula is C10H12N6S. The Kier molecular flexibility index (Phi) is 2.01. The lowest BCUT2D eigenvalue weighted by Gasteiger charge is -2.28. The van der Waals surface area contributed by atoms with Crippen LogP contribution in [0.1, 0.15) is 17.0 Å². The lowest BCUT2D eigenvalue weighted by atomic mass is 9.98. The maximum atomic E-state index is 6.36. The first-order valence-electron chi connectivity index (χ1n) is 5.11. The van der Waals surface area contributed by atoms with Crippen LogP contribution in [0.2, 0.25) is 0 Å². The van der Waals surface area contributed by atoms with Gasteiger partial charge in [0, 0.05) is 11.3 Å². The number of aliphatic imine (C=N–C) groups is 1. The molecule has 0 fully saturated rings. The van der Waals surface area contributed by atoms with Crippen molar-refractivity contribution in [3.8, 4) is 0 Å². The highest BCUT2D eigenvalue weighted by molar-refractivity contribution is 7.14. The number of H-pyrrole nitrogens is 1. The van der Waals surface area contributed by atoms with E-state index in [9.17, 15) is 0 Å². The number of anilines is 1. The summed E-state index contributed by atoms with van der Waals surface area (Å²) in [5.41, 5.74) is 13.6. The molecule has 88 valence electrons. The van der Waals surface area contributed by atoms with E-state index in [2.05, 4.69) is 20.5 Å². The van der Waals surface area contributed by atoms with Gasteiger partial charge in [0.2, 0.25) is 0 Å². The molecular weight excluding hydrogens is 236 g/mol. The fourth-order valence-electron chi connectivity index (χ4n) is 1.91. The van der Waals surface area contributed by atoms with Gasteiger partial charge in [0.25, 0.3) is 0 Å². The van der Waals surface area contributed by atoms with Gasteiger partial charge in [-0.2, -0.15) is 5.10 Å². The van der Waals surface area contributed by atoms with Crippen LogP contribution in [0, 0.1) is 6.92 Å². The van der Waals surface area contributed by atoms with Crippen molar-refractivity contribution in [2.45, 2.75) is 12.6 Å². The number of fused-ring (bicyclic) bond motifs is 1. The van der Waals surface area contributed by atoms with E-state index >= 15 is 0 Å². The van der Waals surface area contributed by atoms with E-state index in [4.69, 9.17) is 11.5 Å². The van der Waals surface area contributed by atoms with E-state index in [1.165, 1.54) is 0 Å². The number of aromatic amines is 1. The molecule has 2 aromatic rings. The summed E-state index contributed by atoms with van der Waals surface area (Å²) < 4.78 is 0. The highest BCUT2D eigenvalue weighted by Gasteiger charge is 2.38. The van der Waals surface area contributed by atoms with Gasteiger partial charge >= 0.3 is 0 Å². The molecule has 0 aromatic carbocycles. The van der Waals surface area contributed by atoms with Crippen LogP contribution in [0.25, 0.3) is 0 Å². The lowest BCUT2D eigenvalue weighted by molar-refractivity contribution is 0.548. The van der Waals surface area contributed by atoms with Gasteiger partial charge < -0.3 is 11.1 Å². The molecule has 1 atom stereocenters. The summed E-state index contributed by atoms with van der Waals surface area (Å²) in [7, 11) is 0. The van der Waals surface area contributed by atoms with Gasteiger partial charge in [-0.3, -0.25) is 10.8 Å². The number of hydrogen-bond donors (Lipinski definition) is 4. The zero-order chi connectivity index (χ0) is 12.0. The molecule has 1 unspecified atom stereocenters. The molecule has 0 saturated heterocycles. The summed E-state index contributed by atoms with van der Waals surface area (Å²) in [6.45, 7) is 1.92. The zero-order valence-corrected chi connectivity index (χ0v) is 10.0. The number of nitrogens with zero attached hydrogens (tertiary/aromatic N) is 2. The molecule has 1 aliphatic rings. The SMILES string of the molecule is Cc1cc(C2(N)N=C(N)Nc3sccc32)n[nH]1. The topological polar surface area (TPSA) is 105 Å². The quantitative estimate of drug-likeness (QED) is 0.595. The lowest BCUT2D eigenvalue weighted by Crippen LogP contribution is -2.43. The Labute approximate surface area is 102 Å². The molecule has 0 saturated carbocycles. The Morgan fingerprint density at radius 1 is 1.47 bits per heavy atom. The summed E-state index contributed by atoms with van der Waals surface area (Å²) in [4.78, 5) is 4.30. The molecule has 3 rings (SSSR count). The molecule has 17 heavy (non-hydrogen) atoms. The fraction of sp³-hybridized carbons (Fsp3) is 0.200. The number of hydrogen-bond acceptors (Lipinski definition) is 6. The number of aryl methyl sites for hydroxylation is 1. The molecule has 1 aliphatic heterocycles. The van der Waals surface area contributed by atoms with Crippen molar-refractivity contribution in [3.05, 3.63) is 34.5 Å². The second kappa shape index (κ2) is 3.31. The first-order valence-corrected chi connectivity index (χ1v) is 5.99. The number of nitrogens with two attached hydrogens (primary N) is 2. The third kappa shape index (κ3) is 1.43. The standard InChI is InChI=1S/C10H12N6S/c1-5-4-7(16-15-5)10(12)6-2-3-17-8(6)13-9(11)14-10/h2-4H,12H2,1H3,(H,15,16)(H3,11,13,14). The summed E-state index contributed by atoms with van der Waals surface area (Å²) in [5, 5.41) is 12.9. The van der Waals surface area contributed by atoms with Gasteiger partial charge in [0.1, 0.15) is 10.7 Å². The minimum absolute atomic E-state index is 0.308. The molecule has 3 heterocycles. The van der Waals surface area contributed by atoms with Gasteiger partial charge in [0.05, 0.1) is 0 Å². The van der Waals surface area contributed by atoms with E-state index in [0.29, 0.717) is 11.7 Å². The number of nitrogens with one attached hydrogen (secondary N) is 2. The first-order chi connectivity index (χ1) is 8.09. The van der Waals surface area contributed by atoms with Gasteiger partial charge in [-0.05, 0) is 24.4 Å². The van der Waals surface area contributed by atoms with Crippen LogP contribution < -0.4 is 16.8 Å². The average Bonchev–Trinajstić information content (AvgIpc) is 2.86. The highest BCUT2D eigenvalue weighted by atomic mass is 32.1. The largest absolute Gasteiger partial charge is 0.370 e. The van der Waals surface area contributed by atoms with Crippen LogP contribution >= 0.6 is 11.3 Å². The summed E-state index contributed by atoms with van der Waals surface area (Å²) >= 11 is 1.54. The predicted molar refractivity (Wildman–Crippen MR) is 67.9 cm³/mol. The normalized spacial score (nSPS) is 22.8. The summed E-state index contributed by atoms with van der Waals surface area (Å²) in [5.74, 6) is 0.308. The van der Waals surface area contributed by atoms with Gasteiger partial charge in [-0.15, -0.1) is 11.3 Å². The molecule has 0 aliphatic carbocycles. The summed E-state index contributed by atoms with van der Waals surface area (Å²) in [6.07, 6.45) is 0. The van der Waals surface area contributed by atoms with Crippen LogP contribution in [0.4, 0.5) is 5.00 Å². The summed E-state index contributed by atoms with van der Waals surface area (Å²) in [6, 6.07) is 3.82. The van der Waals surface area contributed by atoms with Gasteiger partial charge in [-0.1, -0.05) is 0 Å². The van der Waals surface area contributed by atoms with E-state index in [1.54, 1.807) is 11.3 Å². The number of rotatable bonds is 1. The number of aromatic nitrogens is 2. The van der Waals surface area contributed by atoms with Crippen molar-refractivity contribution in [1.29, 1.82) is 0 Å². The van der Waals surface area contributed by atoms with Crippen LogP contribution in [0.15, 0.2) is 22.5 Å². The molecule has 0 bridgehead atoms. The number of guanidine groups is 1. The molecule has 7 heteroatoms. The zero-order valence-electron chi connectivity index (χ0n) is 9.19. The molecule has 0 radical (unpaired) electrons. The van der Waals surface area contributed by atoms with E-state index in [1.807, 2.05) is 24.4 Å². The van der Waals surface area contributed by atoms with Gasteiger partial charge in [-0.25, -0.2) is 4.99 Å². The van der Waals surface area contributed by atoms with Crippen molar-refractivity contribution in [2.75, 3.05) is 5.32 Å². The Bertz CT molecular complexity index is 597. The van der Waals surface area contributed by atoms with Crippen LogP contribution in [-0.2, 0) is 5.66 Å². The Morgan fingerprint density at radius 2 is 2.29 bits per heavy atom. The maximum absolute atomic E-state index is 6.36. The van der Waals surface area contributed by atoms with Crippen molar-refractivity contribution < 1.29 is 0 Å². The third-order valence-corrected chi connectivity index (χ3v) is 3.54. The van der Waals surface area contributed by atoms with Crippen LogP contribution in [0.3, 0.4) is 0 Å². The minimum Gasteiger partial charge on any atom is -0.370 e. The molecule has 0 spiro atoms. The van der Waals surface area contributed by atoms with E-state index < -0.39 is 5.66 Å². The molecule has 6 nitrogen and oxygen atoms in total. The second-order valence-corrected chi connectivity index (χ2v) is 4.90. The van der Waals surface area contributed by atoms with E-state index in [-0.39, 0.29) is 0 Å². The maximum Gasteiger partial charge on any atom is 0.196 e.